The lowest BCUT2D eigenvalue weighted by Crippen LogP contribution is -2.41. The van der Waals surface area contributed by atoms with Crippen LogP contribution in [0.15, 0.2) is 11.4 Å². The molecule has 0 radical (unpaired) electrons. The van der Waals surface area contributed by atoms with Gasteiger partial charge in [0.2, 0.25) is 5.91 Å². The summed E-state index contributed by atoms with van der Waals surface area (Å²) in [7, 11) is 0. The number of hydrogen-bond acceptors (Lipinski definition) is 4. The molecule has 0 spiro atoms. The molecule has 1 aromatic rings. The maximum absolute atomic E-state index is 12.2. The molecule has 2 unspecified atom stereocenters. The number of rotatable bonds is 5. The Bertz CT molecular complexity index is 556. The van der Waals surface area contributed by atoms with E-state index in [4.69, 9.17) is 0 Å². The van der Waals surface area contributed by atoms with Gasteiger partial charge in [-0.05, 0) is 55.0 Å². The molecule has 4 heterocycles. The number of hydrogen-bond donors (Lipinski definition) is 2. The van der Waals surface area contributed by atoms with Crippen LogP contribution >= 0.6 is 36.2 Å². The van der Waals surface area contributed by atoms with Gasteiger partial charge in [-0.1, -0.05) is 0 Å². The Kier molecular flexibility index (Phi) is 8.02. The minimum Gasteiger partial charge on any atom is -0.355 e. The number of nitrogens with zero attached hydrogens (tertiary/aromatic N) is 1. The van der Waals surface area contributed by atoms with Gasteiger partial charge in [-0.3, -0.25) is 9.69 Å². The summed E-state index contributed by atoms with van der Waals surface area (Å²) in [6.45, 7) is 3.93. The van der Waals surface area contributed by atoms with Crippen molar-refractivity contribution in [1.29, 1.82) is 0 Å². The van der Waals surface area contributed by atoms with Gasteiger partial charge < -0.3 is 10.6 Å². The van der Waals surface area contributed by atoms with Gasteiger partial charge in [0.1, 0.15) is 0 Å². The van der Waals surface area contributed by atoms with E-state index in [-0.39, 0.29) is 30.7 Å². The number of piperidine rings is 1. The molecule has 4 rings (SSSR count). The number of carbonyl (C=O) groups is 1. The summed E-state index contributed by atoms with van der Waals surface area (Å²) in [6, 6.07) is 3.61. The molecule has 0 saturated carbocycles. The SMILES string of the molecule is Cl.Cl.O=C(CC1CC2CCC(C1)N2)NCCN1CCc2sccc2C1. The number of fused-ring (bicyclic) bond motifs is 3. The normalized spacial score (nSPS) is 27.8. The molecule has 1 aromatic heterocycles. The highest BCUT2D eigenvalue weighted by molar-refractivity contribution is 7.10. The lowest BCUT2D eigenvalue weighted by molar-refractivity contribution is -0.122. The Labute approximate surface area is 166 Å². The number of thiophene rings is 1. The summed E-state index contributed by atoms with van der Waals surface area (Å²) in [5.74, 6) is 0.849. The smallest absolute Gasteiger partial charge is 0.220 e. The van der Waals surface area contributed by atoms with Crippen molar-refractivity contribution < 1.29 is 4.79 Å². The van der Waals surface area contributed by atoms with Crippen LogP contribution in [0.25, 0.3) is 0 Å². The fraction of sp³-hybridized carbons (Fsp3) is 0.722. The number of carbonyl (C=O) groups excluding carboxylic acids is 1. The van der Waals surface area contributed by atoms with Crippen molar-refractivity contribution in [2.24, 2.45) is 5.92 Å². The fourth-order valence-electron chi connectivity index (χ4n) is 4.53. The summed E-state index contributed by atoms with van der Waals surface area (Å²) in [6.07, 6.45) is 6.89. The van der Waals surface area contributed by atoms with Crippen LogP contribution in [0.4, 0.5) is 0 Å². The maximum atomic E-state index is 12.2. The van der Waals surface area contributed by atoms with Crippen LogP contribution in [0.3, 0.4) is 0 Å². The topological polar surface area (TPSA) is 44.4 Å². The highest BCUT2D eigenvalue weighted by atomic mass is 35.5. The van der Waals surface area contributed by atoms with Crippen LogP contribution in [0.1, 0.15) is 42.5 Å². The molecular formula is C18H29Cl2N3OS. The predicted octanol–water partition coefficient (Wildman–Crippen LogP) is 2.99. The highest BCUT2D eigenvalue weighted by Gasteiger charge is 2.34. The van der Waals surface area contributed by atoms with Gasteiger partial charge in [-0.2, -0.15) is 0 Å². The summed E-state index contributed by atoms with van der Waals surface area (Å²) in [5, 5.41) is 8.99. The minimum atomic E-state index is 0. The second-order valence-electron chi connectivity index (χ2n) is 7.42. The molecule has 142 valence electrons. The van der Waals surface area contributed by atoms with E-state index < -0.39 is 0 Å². The first-order valence-corrected chi connectivity index (χ1v) is 9.94. The summed E-state index contributed by atoms with van der Waals surface area (Å²) >= 11 is 1.88. The summed E-state index contributed by atoms with van der Waals surface area (Å²) in [4.78, 5) is 16.2. The lowest BCUT2D eigenvalue weighted by Gasteiger charge is -2.29. The standard InChI is InChI=1S/C18H27N3OS.2ClH/c22-18(11-13-9-15-1-2-16(10-13)20-15)19-5-7-21-6-3-17-14(12-21)4-8-23-17;;/h4,8,13,15-16,20H,1-3,5-7,9-12H2,(H,19,22);2*1H. The molecule has 2 fully saturated rings. The highest BCUT2D eigenvalue weighted by Crippen LogP contribution is 2.32. The zero-order chi connectivity index (χ0) is 15.6. The second kappa shape index (κ2) is 9.56. The Morgan fingerprint density at radius 2 is 2.04 bits per heavy atom. The van der Waals surface area contributed by atoms with Crippen molar-refractivity contribution in [1.82, 2.24) is 15.5 Å². The Balaban J connectivity index is 0.00000113. The summed E-state index contributed by atoms with van der Waals surface area (Å²) < 4.78 is 0. The van der Waals surface area contributed by atoms with Crippen LogP contribution in [0, 0.1) is 5.92 Å². The van der Waals surface area contributed by atoms with Crippen LogP contribution in [0.2, 0.25) is 0 Å². The van der Waals surface area contributed by atoms with E-state index in [1.54, 1.807) is 4.88 Å². The first-order chi connectivity index (χ1) is 11.3. The van der Waals surface area contributed by atoms with Crippen LogP contribution < -0.4 is 10.6 Å². The zero-order valence-corrected chi connectivity index (χ0v) is 17.0. The average Bonchev–Trinajstić information content (AvgIpc) is 3.13. The van der Waals surface area contributed by atoms with Crippen LogP contribution in [0.5, 0.6) is 0 Å². The molecule has 2 bridgehead atoms. The molecule has 2 atom stereocenters. The van der Waals surface area contributed by atoms with Gasteiger partial charge in [-0.15, -0.1) is 36.2 Å². The lowest BCUT2D eigenvalue weighted by atomic mass is 9.89. The monoisotopic (exact) mass is 405 g/mol. The fourth-order valence-corrected chi connectivity index (χ4v) is 5.42. The quantitative estimate of drug-likeness (QED) is 0.790. The van der Waals surface area contributed by atoms with Crippen molar-refractivity contribution in [3.63, 3.8) is 0 Å². The van der Waals surface area contributed by atoms with E-state index in [0.717, 1.165) is 32.6 Å². The van der Waals surface area contributed by atoms with Crippen molar-refractivity contribution >= 4 is 42.1 Å². The molecule has 4 nitrogen and oxygen atoms in total. The Morgan fingerprint density at radius 3 is 2.80 bits per heavy atom. The zero-order valence-electron chi connectivity index (χ0n) is 14.5. The Morgan fingerprint density at radius 1 is 1.28 bits per heavy atom. The van der Waals surface area contributed by atoms with Crippen molar-refractivity contribution in [2.75, 3.05) is 19.6 Å². The number of halogens is 2. The first-order valence-electron chi connectivity index (χ1n) is 9.06. The molecule has 25 heavy (non-hydrogen) atoms. The molecule has 2 N–H and O–H groups in total. The largest absolute Gasteiger partial charge is 0.355 e. The van der Waals surface area contributed by atoms with Gasteiger partial charge in [0.25, 0.3) is 0 Å². The van der Waals surface area contributed by atoms with Crippen LogP contribution in [-0.4, -0.2) is 42.5 Å². The third kappa shape index (κ3) is 5.33. The predicted molar refractivity (Wildman–Crippen MR) is 108 cm³/mol. The molecule has 1 amide bonds. The van der Waals surface area contributed by atoms with E-state index in [2.05, 4.69) is 27.0 Å². The van der Waals surface area contributed by atoms with Gasteiger partial charge in [0, 0.05) is 49.6 Å². The minimum absolute atomic E-state index is 0. The van der Waals surface area contributed by atoms with E-state index in [0.29, 0.717) is 18.0 Å². The maximum Gasteiger partial charge on any atom is 0.220 e. The molecule has 3 aliphatic heterocycles. The molecule has 0 aromatic carbocycles. The van der Waals surface area contributed by atoms with E-state index >= 15 is 0 Å². The Hall–Kier alpha value is -0.330. The third-order valence-electron chi connectivity index (χ3n) is 5.68. The molecule has 3 aliphatic rings. The molecular weight excluding hydrogens is 377 g/mol. The van der Waals surface area contributed by atoms with Gasteiger partial charge in [0.15, 0.2) is 0 Å². The molecule has 0 aliphatic carbocycles. The third-order valence-corrected chi connectivity index (χ3v) is 6.70. The second-order valence-corrected chi connectivity index (χ2v) is 8.43. The van der Waals surface area contributed by atoms with Crippen molar-refractivity contribution in [3.05, 3.63) is 21.9 Å². The molecule has 2 saturated heterocycles. The first kappa shape index (κ1) is 21.0. The summed E-state index contributed by atoms with van der Waals surface area (Å²) in [5.41, 5.74) is 1.48. The van der Waals surface area contributed by atoms with E-state index in [1.165, 1.54) is 37.7 Å². The number of nitrogens with one attached hydrogen (secondary N) is 2. The van der Waals surface area contributed by atoms with Crippen molar-refractivity contribution in [3.8, 4) is 0 Å². The number of amides is 1. The van der Waals surface area contributed by atoms with Crippen LogP contribution in [-0.2, 0) is 17.8 Å². The average molecular weight is 406 g/mol. The van der Waals surface area contributed by atoms with E-state index in [1.807, 2.05) is 11.3 Å². The van der Waals surface area contributed by atoms with Gasteiger partial charge in [0.05, 0.1) is 0 Å². The van der Waals surface area contributed by atoms with Gasteiger partial charge in [-0.25, -0.2) is 0 Å². The van der Waals surface area contributed by atoms with Gasteiger partial charge >= 0.3 is 0 Å². The molecule has 7 heteroatoms. The van der Waals surface area contributed by atoms with Crippen molar-refractivity contribution in [2.45, 2.75) is 57.2 Å². The van der Waals surface area contributed by atoms with E-state index in [9.17, 15) is 4.79 Å².